The number of nitrogens with zero attached hydrogens (tertiary/aromatic N) is 5. The summed E-state index contributed by atoms with van der Waals surface area (Å²) in [7, 11) is 5.08. The zero-order chi connectivity index (χ0) is 27.1. The Kier molecular flexibility index (Phi) is 6.24. The number of thiazole rings is 1. The highest BCUT2D eigenvalue weighted by Gasteiger charge is 2.17. The van der Waals surface area contributed by atoms with E-state index in [9.17, 15) is 4.79 Å². The van der Waals surface area contributed by atoms with E-state index in [1.165, 1.54) is 11.3 Å². The first-order valence-corrected chi connectivity index (χ1v) is 13.1. The molecule has 0 aliphatic carbocycles. The van der Waals surface area contributed by atoms with Gasteiger partial charge in [-0.05, 0) is 37.3 Å². The van der Waals surface area contributed by atoms with E-state index >= 15 is 0 Å². The van der Waals surface area contributed by atoms with Gasteiger partial charge < -0.3 is 18.8 Å². The van der Waals surface area contributed by atoms with Gasteiger partial charge in [-0.2, -0.15) is 5.10 Å². The molecule has 39 heavy (non-hydrogen) atoms. The number of hydrogen-bond donors (Lipinski definition) is 0. The summed E-state index contributed by atoms with van der Waals surface area (Å²) in [5.74, 6) is 1.82. The number of aromatic nitrogens is 4. The molecule has 4 aromatic heterocycles. The minimum absolute atomic E-state index is 0.0327. The fourth-order valence-electron chi connectivity index (χ4n) is 4.21. The van der Waals surface area contributed by atoms with Crippen molar-refractivity contribution in [1.29, 1.82) is 0 Å². The van der Waals surface area contributed by atoms with Crippen molar-refractivity contribution in [3.63, 3.8) is 0 Å². The number of benzene rings is 2. The van der Waals surface area contributed by atoms with E-state index in [0.717, 1.165) is 33.0 Å². The lowest BCUT2D eigenvalue weighted by Gasteiger charge is -2.10. The molecule has 0 unspecified atom stereocenters. The highest BCUT2D eigenvalue weighted by Crippen LogP contribution is 2.37. The maximum Gasteiger partial charge on any atom is 0.253 e. The van der Waals surface area contributed by atoms with Crippen LogP contribution in [0.3, 0.4) is 0 Å². The molecular weight excluding hydrogens is 514 g/mol. The summed E-state index contributed by atoms with van der Waals surface area (Å²) in [4.78, 5) is 23.1. The summed E-state index contributed by atoms with van der Waals surface area (Å²) < 4.78 is 19.6. The van der Waals surface area contributed by atoms with E-state index in [-0.39, 0.29) is 12.5 Å². The van der Waals surface area contributed by atoms with Crippen LogP contribution in [0, 0.1) is 6.92 Å². The third kappa shape index (κ3) is 4.82. The van der Waals surface area contributed by atoms with Crippen molar-refractivity contribution in [3.05, 3.63) is 83.1 Å². The molecule has 0 bridgehead atoms. The Morgan fingerprint density at radius 3 is 2.67 bits per heavy atom. The van der Waals surface area contributed by atoms with Gasteiger partial charge in [-0.3, -0.25) is 4.79 Å². The highest BCUT2D eigenvalue weighted by atomic mass is 32.1. The molecule has 0 N–H and O–H groups in total. The Morgan fingerprint density at radius 1 is 1.08 bits per heavy atom. The first-order chi connectivity index (χ1) is 18.9. The lowest BCUT2D eigenvalue weighted by atomic mass is 10.1. The van der Waals surface area contributed by atoms with Gasteiger partial charge in [0.2, 0.25) is 0 Å². The average Bonchev–Trinajstić information content (AvgIpc) is 3.69. The van der Waals surface area contributed by atoms with Crippen LogP contribution in [-0.4, -0.2) is 51.6 Å². The molecule has 1 amide bonds. The Labute approximate surface area is 228 Å². The SMILES string of the molecule is COc1cc(OCc2csc(-c3ccc(C(=O)N(C)C)cc3)n2)c2cc(-c3cn4nc(C)ccc4n3)oc2c1. The monoisotopic (exact) mass is 539 g/mol. The summed E-state index contributed by atoms with van der Waals surface area (Å²) in [5, 5.41) is 8.11. The smallest absolute Gasteiger partial charge is 0.253 e. The zero-order valence-electron chi connectivity index (χ0n) is 21.8. The van der Waals surface area contributed by atoms with Crippen molar-refractivity contribution in [2.24, 2.45) is 0 Å². The molecule has 196 valence electrons. The molecule has 0 aliphatic heterocycles. The van der Waals surface area contributed by atoms with E-state index in [4.69, 9.17) is 18.9 Å². The van der Waals surface area contributed by atoms with Crippen LogP contribution in [0.5, 0.6) is 11.5 Å². The lowest BCUT2D eigenvalue weighted by molar-refractivity contribution is 0.0827. The van der Waals surface area contributed by atoms with Crippen LogP contribution < -0.4 is 9.47 Å². The van der Waals surface area contributed by atoms with Gasteiger partial charge in [-0.25, -0.2) is 14.5 Å². The maximum absolute atomic E-state index is 12.2. The van der Waals surface area contributed by atoms with Crippen molar-refractivity contribution in [2.45, 2.75) is 13.5 Å². The number of imidazole rings is 1. The molecule has 0 saturated heterocycles. The average molecular weight is 540 g/mol. The van der Waals surface area contributed by atoms with Gasteiger partial charge in [0.1, 0.15) is 34.4 Å². The second kappa shape index (κ2) is 9.88. The zero-order valence-corrected chi connectivity index (χ0v) is 22.7. The number of fused-ring (bicyclic) bond motifs is 2. The van der Waals surface area contributed by atoms with E-state index in [1.807, 2.05) is 73.1 Å². The maximum atomic E-state index is 12.2. The van der Waals surface area contributed by atoms with Crippen LogP contribution in [0.1, 0.15) is 21.7 Å². The van der Waals surface area contributed by atoms with Crippen molar-refractivity contribution in [1.82, 2.24) is 24.5 Å². The third-order valence-electron chi connectivity index (χ3n) is 6.23. The van der Waals surface area contributed by atoms with Gasteiger partial charge in [-0.15, -0.1) is 11.3 Å². The van der Waals surface area contributed by atoms with Crippen molar-refractivity contribution in [2.75, 3.05) is 21.2 Å². The summed E-state index contributed by atoms with van der Waals surface area (Å²) in [6, 6.07) is 16.9. The van der Waals surface area contributed by atoms with Gasteiger partial charge in [0.15, 0.2) is 11.4 Å². The van der Waals surface area contributed by atoms with Gasteiger partial charge in [0.05, 0.1) is 30.1 Å². The topological polar surface area (TPSA) is 95.0 Å². The Morgan fingerprint density at radius 2 is 1.90 bits per heavy atom. The summed E-state index contributed by atoms with van der Waals surface area (Å²) in [6.45, 7) is 2.21. The fourth-order valence-corrected chi connectivity index (χ4v) is 5.02. The number of amides is 1. The third-order valence-corrected chi connectivity index (χ3v) is 7.17. The Balaban J connectivity index is 1.24. The minimum Gasteiger partial charge on any atom is -0.496 e. The minimum atomic E-state index is -0.0327. The van der Waals surface area contributed by atoms with E-state index in [1.54, 1.807) is 30.6 Å². The number of methoxy groups -OCH3 is 1. The molecule has 0 spiro atoms. The number of carbonyl (C=O) groups is 1. The Hall–Kier alpha value is -4.70. The van der Waals surface area contributed by atoms with Crippen LogP contribution in [0.15, 0.2) is 70.6 Å². The van der Waals surface area contributed by atoms with Crippen LogP contribution in [0.4, 0.5) is 0 Å². The normalized spacial score (nSPS) is 11.3. The Bertz CT molecular complexity index is 1820. The molecule has 6 rings (SSSR count). The standard InChI is InChI=1S/C29H25N5O4S/c1-17-5-10-27-31-23(14-34(27)32-17)26-13-22-24(11-21(36-4)12-25(22)38-26)37-15-20-16-39-28(30-20)18-6-8-19(9-7-18)29(35)33(2)3/h5-14,16H,15H2,1-4H3. The molecule has 0 atom stereocenters. The van der Waals surface area contributed by atoms with Crippen LogP contribution in [0.2, 0.25) is 0 Å². The summed E-state index contributed by atoms with van der Waals surface area (Å²) in [5.41, 5.74) is 5.33. The molecule has 0 saturated carbocycles. The number of rotatable bonds is 7. The van der Waals surface area contributed by atoms with Crippen LogP contribution in [0.25, 0.3) is 38.6 Å². The molecule has 4 heterocycles. The fraction of sp³-hybridized carbons (Fsp3) is 0.172. The second-order valence-corrected chi connectivity index (χ2v) is 10.1. The first kappa shape index (κ1) is 24.6. The first-order valence-electron chi connectivity index (χ1n) is 12.2. The number of furan rings is 1. The predicted octanol–water partition coefficient (Wildman–Crippen LogP) is 5.86. The molecule has 6 aromatic rings. The molecule has 0 aliphatic rings. The molecule has 0 radical (unpaired) electrons. The molecule has 9 nitrogen and oxygen atoms in total. The van der Waals surface area contributed by atoms with E-state index < -0.39 is 0 Å². The van der Waals surface area contributed by atoms with E-state index in [2.05, 4.69) is 10.1 Å². The van der Waals surface area contributed by atoms with Gasteiger partial charge in [0.25, 0.3) is 5.91 Å². The molecule has 10 heteroatoms. The quantitative estimate of drug-likeness (QED) is 0.251. The molecule has 0 fully saturated rings. The van der Waals surface area contributed by atoms with Gasteiger partial charge >= 0.3 is 0 Å². The number of carbonyl (C=O) groups excluding carboxylic acids is 1. The molecular formula is C29H25N5O4S. The lowest BCUT2D eigenvalue weighted by Crippen LogP contribution is -2.21. The van der Waals surface area contributed by atoms with Crippen LogP contribution in [-0.2, 0) is 6.61 Å². The van der Waals surface area contributed by atoms with Crippen molar-refractivity contribution in [3.8, 4) is 33.5 Å². The highest BCUT2D eigenvalue weighted by molar-refractivity contribution is 7.13. The summed E-state index contributed by atoms with van der Waals surface area (Å²) >= 11 is 1.53. The number of hydrogen-bond acceptors (Lipinski definition) is 8. The molecule has 2 aromatic carbocycles. The number of aryl methyl sites for hydroxylation is 1. The van der Waals surface area contributed by atoms with Crippen molar-refractivity contribution < 1.29 is 18.7 Å². The largest absolute Gasteiger partial charge is 0.496 e. The van der Waals surface area contributed by atoms with Crippen molar-refractivity contribution >= 4 is 33.9 Å². The van der Waals surface area contributed by atoms with Gasteiger partial charge in [0, 0.05) is 42.7 Å². The predicted molar refractivity (Wildman–Crippen MR) is 149 cm³/mol. The van der Waals surface area contributed by atoms with E-state index in [0.29, 0.717) is 34.1 Å². The second-order valence-electron chi connectivity index (χ2n) is 9.26. The summed E-state index contributed by atoms with van der Waals surface area (Å²) in [6.07, 6.45) is 1.84. The number of ether oxygens (including phenoxy) is 2. The van der Waals surface area contributed by atoms with Gasteiger partial charge in [-0.1, -0.05) is 12.1 Å². The van der Waals surface area contributed by atoms with Crippen LogP contribution >= 0.6 is 11.3 Å².